The summed E-state index contributed by atoms with van der Waals surface area (Å²) in [5.41, 5.74) is 5.49. The number of amides is 2. The Balaban J connectivity index is 1.75. The molecule has 2 amide bonds. The fraction of sp³-hybridized carbons (Fsp3) is 0. The highest BCUT2D eigenvalue weighted by molar-refractivity contribution is 7.92. The van der Waals surface area contributed by atoms with Crippen LogP contribution < -0.4 is 15.8 Å². The first-order chi connectivity index (χ1) is 13.8. The standard InChI is InChI=1S/C20H16FN3O4S/c21-18-11-8-15(12-17(18)19(22)25)23-20(26)13-6-9-16(10-7-13)29(27,28)24-14-4-2-1-3-5-14/h1-12,24H,(H2,22,25)(H,23,26). The lowest BCUT2D eigenvalue weighted by molar-refractivity contribution is 0.0992. The number of nitrogens with two attached hydrogens (primary N) is 1. The number of rotatable bonds is 6. The Labute approximate surface area is 166 Å². The Kier molecular flexibility index (Phi) is 5.60. The van der Waals surface area contributed by atoms with Crippen molar-refractivity contribution in [3.05, 3.63) is 89.7 Å². The zero-order chi connectivity index (χ0) is 21.0. The number of carbonyl (C=O) groups excluding carboxylic acids is 2. The van der Waals surface area contributed by atoms with Crippen molar-refractivity contribution in [3.8, 4) is 0 Å². The third kappa shape index (κ3) is 4.77. The maximum absolute atomic E-state index is 13.5. The highest BCUT2D eigenvalue weighted by Gasteiger charge is 2.16. The van der Waals surface area contributed by atoms with Crippen LogP contribution in [0.5, 0.6) is 0 Å². The fourth-order valence-electron chi connectivity index (χ4n) is 2.50. The first-order valence-corrected chi connectivity index (χ1v) is 9.83. The number of para-hydroxylation sites is 1. The number of primary amides is 1. The van der Waals surface area contributed by atoms with E-state index >= 15 is 0 Å². The van der Waals surface area contributed by atoms with Gasteiger partial charge in [-0.3, -0.25) is 14.3 Å². The number of carbonyl (C=O) groups is 2. The second-order valence-corrected chi connectivity index (χ2v) is 7.69. The van der Waals surface area contributed by atoms with E-state index in [9.17, 15) is 22.4 Å². The van der Waals surface area contributed by atoms with E-state index in [1.165, 1.54) is 30.3 Å². The molecule has 0 atom stereocenters. The lowest BCUT2D eigenvalue weighted by Gasteiger charge is -2.10. The average Bonchev–Trinajstić information content (AvgIpc) is 2.69. The Hall–Kier alpha value is -3.72. The molecular weight excluding hydrogens is 397 g/mol. The van der Waals surface area contributed by atoms with E-state index in [0.29, 0.717) is 5.69 Å². The summed E-state index contributed by atoms with van der Waals surface area (Å²) in [5.74, 6) is -2.32. The number of benzene rings is 3. The lowest BCUT2D eigenvalue weighted by Crippen LogP contribution is -2.16. The van der Waals surface area contributed by atoms with Gasteiger partial charge in [-0.15, -0.1) is 0 Å². The SMILES string of the molecule is NC(=O)c1cc(NC(=O)c2ccc(S(=O)(=O)Nc3ccccc3)cc2)ccc1F. The minimum Gasteiger partial charge on any atom is -0.366 e. The predicted octanol–water partition coefficient (Wildman–Crippen LogP) is 2.98. The predicted molar refractivity (Wildman–Crippen MR) is 107 cm³/mol. The second-order valence-electron chi connectivity index (χ2n) is 6.01. The zero-order valence-electron chi connectivity index (χ0n) is 14.9. The Morgan fingerprint density at radius 2 is 1.52 bits per heavy atom. The van der Waals surface area contributed by atoms with Crippen molar-refractivity contribution in [3.63, 3.8) is 0 Å². The normalized spacial score (nSPS) is 10.9. The van der Waals surface area contributed by atoms with Crippen molar-refractivity contribution >= 4 is 33.2 Å². The molecule has 0 unspecified atom stereocenters. The van der Waals surface area contributed by atoms with Crippen LogP contribution in [0.4, 0.5) is 15.8 Å². The summed E-state index contributed by atoms with van der Waals surface area (Å²) in [7, 11) is -3.81. The number of sulfonamides is 1. The molecule has 0 saturated heterocycles. The zero-order valence-corrected chi connectivity index (χ0v) is 15.7. The first-order valence-electron chi connectivity index (χ1n) is 8.35. The monoisotopic (exact) mass is 413 g/mol. The molecule has 7 nitrogen and oxygen atoms in total. The summed E-state index contributed by atoms with van der Waals surface area (Å²) in [6.07, 6.45) is 0. The molecule has 3 aromatic carbocycles. The molecule has 3 aromatic rings. The van der Waals surface area contributed by atoms with Crippen LogP contribution in [-0.2, 0) is 10.0 Å². The Morgan fingerprint density at radius 3 is 2.14 bits per heavy atom. The molecule has 0 heterocycles. The summed E-state index contributed by atoms with van der Waals surface area (Å²) in [6.45, 7) is 0. The molecular formula is C20H16FN3O4S. The smallest absolute Gasteiger partial charge is 0.261 e. The van der Waals surface area contributed by atoms with Crippen LogP contribution in [-0.4, -0.2) is 20.2 Å². The van der Waals surface area contributed by atoms with Gasteiger partial charge in [-0.05, 0) is 54.6 Å². The molecule has 0 aliphatic carbocycles. The number of hydrogen-bond acceptors (Lipinski definition) is 4. The maximum atomic E-state index is 13.5. The van der Waals surface area contributed by atoms with Crippen molar-refractivity contribution in [2.75, 3.05) is 10.0 Å². The van der Waals surface area contributed by atoms with Crippen LogP contribution in [0, 0.1) is 5.82 Å². The third-order valence-corrected chi connectivity index (χ3v) is 5.34. The highest BCUT2D eigenvalue weighted by atomic mass is 32.2. The van der Waals surface area contributed by atoms with Crippen LogP contribution in [0.2, 0.25) is 0 Å². The highest BCUT2D eigenvalue weighted by Crippen LogP contribution is 2.18. The van der Waals surface area contributed by atoms with Gasteiger partial charge in [0.1, 0.15) is 5.82 Å². The van der Waals surface area contributed by atoms with Gasteiger partial charge in [0.2, 0.25) is 0 Å². The largest absolute Gasteiger partial charge is 0.366 e. The van der Waals surface area contributed by atoms with Crippen LogP contribution in [0.25, 0.3) is 0 Å². The molecule has 9 heteroatoms. The van der Waals surface area contributed by atoms with E-state index in [1.54, 1.807) is 30.3 Å². The van der Waals surface area contributed by atoms with Gasteiger partial charge < -0.3 is 11.1 Å². The molecule has 29 heavy (non-hydrogen) atoms. The molecule has 0 bridgehead atoms. The van der Waals surface area contributed by atoms with E-state index < -0.39 is 27.7 Å². The summed E-state index contributed by atoms with van der Waals surface area (Å²) in [5, 5.41) is 2.50. The number of hydrogen-bond donors (Lipinski definition) is 3. The molecule has 148 valence electrons. The van der Waals surface area contributed by atoms with Gasteiger partial charge in [0.25, 0.3) is 21.8 Å². The van der Waals surface area contributed by atoms with Gasteiger partial charge in [-0.25, -0.2) is 12.8 Å². The van der Waals surface area contributed by atoms with Crippen LogP contribution in [0.1, 0.15) is 20.7 Å². The molecule has 0 aliphatic rings. The van der Waals surface area contributed by atoms with Gasteiger partial charge in [-0.2, -0.15) is 0 Å². The number of halogens is 1. The van der Waals surface area contributed by atoms with E-state index in [4.69, 9.17) is 5.73 Å². The van der Waals surface area contributed by atoms with Gasteiger partial charge in [-0.1, -0.05) is 18.2 Å². The van der Waals surface area contributed by atoms with Gasteiger partial charge in [0.15, 0.2) is 0 Å². The quantitative estimate of drug-likeness (QED) is 0.576. The Bertz CT molecular complexity index is 1160. The van der Waals surface area contributed by atoms with Crippen LogP contribution in [0.3, 0.4) is 0 Å². The number of nitrogens with one attached hydrogen (secondary N) is 2. The average molecular weight is 413 g/mol. The summed E-state index contributed by atoms with van der Waals surface area (Å²) in [4.78, 5) is 23.5. The maximum Gasteiger partial charge on any atom is 0.261 e. The van der Waals surface area contributed by atoms with E-state index in [-0.39, 0.29) is 21.7 Å². The second kappa shape index (κ2) is 8.11. The van der Waals surface area contributed by atoms with E-state index in [2.05, 4.69) is 10.0 Å². The fourth-order valence-corrected chi connectivity index (χ4v) is 3.56. The van der Waals surface area contributed by atoms with Crippen molar-refractivity contribution in [1.82, 2.24) is 0 Å². The molecule has 0 fully saturated rings. The minimum absolute atomic E-state index is 0.0179. The van der Waals surface area contributed by atoms with Crippen molar-refractivity contribution in [2.24, 2.45) is 5.73 Å². The molecule has 3 rings (SSSR count). The third-order valence-electron chi connectivity index (χ3n) is 3.94. The molecule has 0 spiro atoms. The molecule has 0 aromatic heterocycles. The first kappa shape index (κ1) is 20.0. The van der Waals surface area contributed by atoms with Crippen LogP contribution >= 0.6 is 0 Å². The van der Waals surface area contributed by atoms with Crippen molar-refractivity contribution in [2.45, 2.75) is 4.90 Å². The van der Waals surface area contributed by atoms with Crippen LogP contribution in [0.15, 0.2) is 77.7 Å². The topological polar surface area (TPSA) is 118 Å². The van der Waals surface area contributed by atoms with Crippen molar-refractivity contribution < 1.29 is 22.4 Å². The molecule has 0 saturated carbocycles. The Morgan fingerprint density at radius 1 is 0.862 bits per heavy atom. The lowest BCUT2D eigenvalue weighted by atomic mass is 10.1. The molecule has 4 N–H and O–H groups in total. The summed E-state index contributed by atoms with van der Waals surface area (Å²) >= 11 is 0. The van der Waals surface area contributed by atoms with Gasteiger partial charge in [0, 0.05) is 16.9 Å². The molecule has 0 radical (unpaired) electrons. The molecule has 0 aliphatic heterocycles. The summed E-state index contributed by atoms with van der Waals surface area (Å²) < 4.78 is 40.8. The number of anilines is 2. The van der Waals surface area contributed by atoms with E-state index in [1.807, 2.05) is 0 Å². The minimum atomic E-state index is -3.81. The summed E-state index contributed by atoms with van der Waals surface area (Å²) in [6, 6.07) is 17.1. The van der Waals surface area contributed by atoms with E-state index in [0.717, 1.165) is 12.1 Å². The van der Waals surface area contributed by atoms with Crippen molar-refractivity contribution in [1.29, 1.82) is 0 Å². The van der Waals surface area contributed by atoms with Gasteiger partial charge >= 0.3 is 0 Å². The van der Waals surface area contributed by atoms with Gasteiger partial charge in [0.05, 0.1) is 10.5 Å².